The van der Waals surface area contributed by atoms with Gasteiger partial charge in [0.2, 0.25) is 0 Å². The van der Waals surface area contributed by atoms with Crippen molar-refractivity contribution in [1.29, 1.82) is 5.26 Å². The topological polar surface area (TPSA) is 48.3 Å². The van der Waals surface area contributed by atoms with Gasteiger partial charge in [-0.1, -0.05) is 25.3 Å². The highest BCUT2D eigenvalue weighted by atomic mass is 35.5. The number of rotatable bonds is 3. The number of piperazine rings is 1. The standard InChI is InChI=1S/C18H25N3O.ClH/c1-22-17-11-15(5-6-16(17)12-19)13-21-10-9-20-14-18(21)7-3-2-4-8-18;/h5-6,11,20H,2-4,7-10,13-14H2,1H3;1H. The lowest BCUT2D eigenvalue weighted by Gasteiger charge is -2.50. The lowest BCUT2D eigenvalue weighted by Crippen LogP contribution is -2.61. The number of nitrogens with zero attached hydrogens (tertiary/aromatic N) is 2. The van der Waals surface area contributed by atoms with Gasteiger partial charge in [-0.3, -0.25) is 4.90 Å². The van der Waals surface area contributed by atoms with E-state index < -0.39 is 0 Å². The minimum Gasteiger partial charge on any atom is -0.495 e. The first-order valence-electron chi connectivity index (χ1n) is 8.30. The Hall–Kier alpha value is -1.28. The molecule has 2 aliphatic rings. The zero-order valence-corrected chi connectivity index (χ0v) is 14.6. The number of methoxy groups -OCH3 is 1. The van der Waals surface area contributed by atoms with Gasteiger partial charge in [-0.2, -0.15) is 5.26 Å². The van der Waals surface area contributed by atoms with Gasteiger partial charge in [-0.25, -0.2) is 0 Å². The summed E-state index contributed by atoms with van der Waals surface area (Å²) in [7, 11) is 1.63. The molecule has 0 aromatic heterocycles. The number of hydrogen-bond acceptors (Lipinski definition) is 4. The van der Waals surface area contributed by atoms with Crippen LogP contribution in [0.2, 0.25) is 0 Å². The molecule has 2 fully saturated rings. The van der Waals surface area contributed by atoms with E-state index in [1.807, 2.05) is 12.1 Å². The molecular formula is C18H26ClN3O. The van der Waals surface area contributed by atoms with Crippen molar-refractivity contribution in [2.45, 2.75) is 44.2 Å². The molecule has 0 amide bonds. The minimum absolute atomic E-state index is 0. The van der Waals surface area contributed by atoms with Crippen LogP contribution >= 0.6 is 12.4 Å². The summed E-state index contributed by atoms with van der Waals surface area (Å²) in [6, 6.07) is 8.16. The molecule has 0 atom stereocenters. The molecule has 3 rings (SSSR count). The summed E-state index contributed by atoms with van der Waals surface area (Å²) in [4.78, 5) is 2.66. The quantitative estimate of drug-likeness (QED) is 0.922. The molecule has 126 valence electrons. The van der Waals surface area contributed by atoms with Gasteiger partial charge in [0.15, 0.2) is 0 Å². The van der Waals surface area contributed by atoms with Crippen molar-refractivity contribution in [3.8, 4) is 11.8 Å². The molecule has 1 N–H and O–H groups in total. The zero-order chi connectivity index (χ0) is 15.4. The Balaban J connectivity index is 0.00000192. The number of ether oxygens (including phenoxy) is 1. The number of halogens is 1. The maximum atomic E-state index is 9.11. The number of nitrogens with one attached hydrogen (secondary N) is 1. The van der Waals surface area contributed by atoms with Crippen molar-refractivity contribution in [3.63, 3.8) is 0 Å². The number of nitriles is 1. The van der Waals surface area contributed by atoms with E-state index in [1.165, 1.54) is 37.7 Å². The van der Waals surface area contributed by atoms with E-state index in [-0.39, 0.29) is 12.4 Å². The van der Waals surface area contributed by atoms with Crippen LogP contribution in [0.1, 0.15) is 43.2 Å². The molecule has 1 saturated carbocycles. The van der Waals surface area contributed by atoms with E-state index in [4.69, 9.17) is 10.00 Å². The molecule has 0 radical (unpaired) electrons. The van der Waals surface area contributed by atoms with Crippen molar-refractivity contribution >= 4 is 12.4 Å². The fourth-order valence-corrected chi connectivity index (χ4v) is 3.98. The highest BCUT2D eigenvalue weighted by Crippen LogP contribution is 2.35. The van der Waals surface area contributed by atoms with E-state index in [1.54, 1.807) is 7.11 Å². The summed E-state index contributed by atoms with van der Waals surface area (Å²) in [6.45, 7) is 4.22. The molecule has 23 heavy (non-hydrogen) atoms. The van der Waals surface area contributed by atoms with Gasteiger partial charge in [0.25, 0.3) is 0 Å². The van der Waals surface area contributed by atoms with Gasteiger partial charge in [-0.15, -0.1) is 12.4 Å². The first-order valence-corrected chi connectivity index (χ1v) is 8.30. The molecule has 1 spiro atoms. The Morgan fingerprint density at radius 2 is 2.09 bits per heavy atom. The normalized spacial score (nSPS) is 20.5. The van der Waals surface area contributed by atoms with Crippen LogP contribution in [0.4, 0.5) is 0 Å². The summed E-state index contributed by atoms with van der Waals surface area (Å²) < 4.78 is 5.35. The third kappa shape index (κ3) is 3.80. The first kappa shape index (κ1) is 18.1. The first-order chi connectivity index (χ1) is 10.8. The average Bonchev–Trinajstić information content (AvgIpc) is 2.58. The molecule has 5 heteroatoms. The van der Waals surface area contributed by atoms with Crippen LogP contribution < -0.4 is 10.1 Å². The molecule has 1 aromatic rings. The van der Waals surface area contributed by atoms with Gasteiger partial charge in [0.1, 0.15) is 11.8 Å². The Kier molecular flexibility index (Phi) is 6.29. The lowest BCUT2D eigenvalue weighted by atomic mass is 9.79. The average molecular weight is 336 g/mol. The molecule has 0 bridgehead atoms. The van der Waals surface area contributed by atoms with E-state index in [9.17, 15) is 0 Å². The highest BCUT2D eigenvalue weighted by Gasteiger charge is 2.39. The van der Waals surface area contributed by atoms with E-state index in [2.05, 4.69) is 22.4 Å². The fourth-order valence-electron chi connectivity index (χ4n) is 3.98. The third-order valence-electron chi connectivity index (χ3n) is 5.23. The zero-order valence-electron chi connectivity index (χ0n) is 13.8. The Labute approximate surface area is 145 Å². The van der Waals surface area contributed by atoms with Crippen LogP contribution in [-0.4, -0.2) is 37.2 Å². The molecule has 1 heterocycles. The van der Waals surface area contributed by atoms with Crippen molar-refractivity contribution in [2.75, 3.05) is 26.7 Å². The molecule has 1 aromatic carbocycles. The van der Waals surface area contributed by atoms with Gasteiger partial charge in [-0.05, 0) is 30.5 Å². The second kappa shape index (κ2) is 8.01. The fraction of sp³-hybridized carbons (Fsp3) is 0.611. The highest BCUT2D eigenvalue weighted by molar-refractivity contribution is 5.85. The van der Waals surface area contributed by atoms with Crippen LogP contribution in [-0.2, 0) is 6.54 Å². The Morgan fingerprint density at radius 1 is 1.30 bits per heavy atom. The third-order valence-corrected chi connectivity index (χ3v) is 5.23. The Morgan fingerprint density at radius 3 is 2.78 bits per heavy atom. The van der Waals surface area contributed by atoms with E-state index >= 15 is 0 Å². The van der Waals surface area contributed by atoms with Crippen LogP contribution in [0, 0.1) is 11.3 Å². The lowest BCUT2D eigenvalue weighted by molar-refractivity contribution is 0.0208. The maximum Gasteiger partial charge on any atom is 0.136 e. The van der Waals surface area contributed by atoms with Gasteiger partial charge in [0, 0.05) is 31.7 Å². The monoisotopic (exact) mass is 335 g/mol. The van der Waals surface area contributed by atoms with Gasteiger partial charge in [0.05, 0.1) is 12.7 Å². The van der Waals surface area contributed by atoms with Gasteiger partial charge < -0.3 is 10.1 Å². The summed E-state index contributed by atoms with van der Waals surface area (Å²) >= 11 is 0. The van der Waals surface area contributed by atoms with Crippen molar-refractivity contribution < 1.29 is 4.74 Å². The van der Waals surface area contributed by atoms with Crippen LogP contribution in [0.15, 0.2) is 18.2 Å². The second-order valence-electron chi connectivity index (χ2n) is 6.53. The summed E-state index contributed by atoms with van der Waals surface area (Å²) in [5.41, 5.74) is 2.18. The van der Waals surface area contributed by atoms with E-state index in [0.29, 0.717) is 16.9 Å². The summed E-state index contributed by atoms with van der Waals surface area (Å²) in [5, 5.41) is 12.7. The summed E-state index contributed by atoms with van der Waals surface area (Å²) in [6.07, 6.45) is 6.66. The maximum absolute atomic E-state index is 9.11. The van der Waals surface area contributed by atoms with Gasteiger partial charge >= 0.3 is 0 Å². The Bertz CT molecular complexity index is 556. The molecule has 0 unspecified atom stereocenters. The van der Waals surface area contributed by atoms with Crippen molar-refractivity contribution in [2.24, 2.45) is 0 Å². The smallest absolute Gasteiger partial charge is 0.136 e. The minimum atomic E-state index is 0. The predicted molar refractivity (Wildman–Crippen MR) is 94.1 cm³/mol. The number of benzene rings is 1. The van der Waals surface area contributed by atoms with Crippen LogP contribution in [0.3, 0.4) is 0 Å². The summed E-state index contributed by atoms with van der Waals surface area (Å²) in [5.74, 6) is 0.688. The molecule has 1 saturated heterocycles. The SMILES string of the molecule is COc1cc(CN2CCNCC23CCCCC3)ccc1C#N.Cl. The van der Waals surface area contributed by atoms with E-state index in [0.717, 1.165) is 26.2 Å². The van der Waals surface area contributed by atoms with Crippen LogP contribution in [0.25, 0.3) is 0 Å². The van der Waals surface area contributed by atoms with Crippen LogP contribution in [0.5, 0.6) is 5.75 Å². The van der Waals surface area contributed by atoms with Crippen molar-refractivity contribution in [3.05, 3.63) is 29.3 Å². The predicted octanol–water partition coefficient (Wildman–Crippen LogP) is 3.10. The largest absolute Gasteiger partial charge is 0.495 e. The number of hydrogen-bond donors (Lipinski definition) is 1. The molecule has 1 aliphatic heterocycles. The second-order valence-corrected chi connectivity index (χ2v) is 6.53. The molecule has 1 aliphatic carbocycles. The van der Waals surface area contributed by atoms with Crippen molar-refractivity contribution in [1.82, 2.24) is 10.2 Å². The molecular weight excluding hydrogens is 310 g/mol. The molecule has 4 nitrogen and oxygen atoms in total.